The molecule has 9 heteroatoms. The molecule has 2 aromatic carbocycles. The lowest BCUT2D eigenvalue weighted by atomic mass is 9.95. The predicted octanol–water partition coefficient (Wildman–Crippen LogP) is 4.00. The Labute approximate surface area is 214 Å². The number of amides is 3. The fourth-order valence-corrected chi connectivity index (χ4v) is 5.26. The predicted molar refractivity (Wildman–Crippen MR) is 141 cm³/mol. The Hall–Kier alpha value is -3.07. The highest BCUT2D eigenvalue weighted by molar-refractivity contribution is 7.86. The monoisotopic (exact) mass is 515 g/mol. The zero-order valence-corrected chi connectivity index (χ0v) is 21.8. The summed E-state index contributed by atoms with van der Waals surface area (Å²) in [6.07, 6.45) is 5.14. The van der Waals surface area contributed by atoms with Crippen LogP contribution in [0.2, 0.25) is 0 Å². The van der Waals surface area contributed by atoms with Crippen molar-refractivity contribution in [1.29, 1.82) is 0 Å². The summed E-state index contributed by atoms with van der Waals surface area (Å²) in [5.41, 5.74) is 2.77. The molecular weight excluding hydrogens is 481 g/mol. The number of anilines is 2. The van der Waals surface area contributed by atoms with Crippen LogP contribution in [-0.2, 0) is 25.2 Å². The van der Waals surface area contributed by atoms with Crippen molar-refractivity contribution in [2.24, 2.45) is 0 Å². The summed E-state index contributed by atoms with van der Waals surface area (Å²) in [6.45, 7) is 5.47. The Kier molecular flexibility index (Phi) is 9.75. The number of benzene rings is 2. The lowest BCUT2D eigenvalue weighted by Crippen LogP contribution is -2.52. The van der Waals surface area contributed by atoms with E-state index in [1.807, 2.05) is 26.0 Å². The Balaban J connectivity index is 1.72. The zero-order valence-electron chi connectivity index (χ0n) is 21.0. The van der Waals surface area contributed by atoms with Crippen LogP contribution in [0.15, 0.2) is 42.5 Å². The van der Waals surface area contributed by atoms with Gasteiger partial charge in [-0.25, -0.2) is 4.39 Å². The van der Waals surface area contributed by atoms with Crippen LogP contribution in [0, 0.1) is 19.7 Å². The van der Waals surface area contributed by atoms with Gasteiger partial charge in [-0.3, -0.25) is 23.5 Å². The summed E-state index contributed by atoms with van der Waals surface area (Å²) in [4.78, 5) is 40.3. The summed E-state index contributed by atoms with van der Waals surface area (Å²) < 4.78 is 25.8. The molecule has 2 aromatic rings. The van der Waals surface area contributed by atoms with Gasteiger partial charge in [-0.05, 0) is 75.1 Å². The molecule has 7 nitrogen and oxygen atoms in total. The highest BCUT2D eigenvalue weighted by Crippen LogP contribution is 2.26. The van der Waals surface area contributed by atoms with E-state index in [9.17, 15) is 23.0 Å². The maximum absolute atomic E-state index is 13.4. The van der Waals surface area contributed by atoms with Gasteiger partial charge in [-0.2, -0.15) is 0 Å². The molecular formula is C27H34FN3O4S. The summed E-state index contributed by atoms with van der Waals surface area (Å²) in [5, 5.41) is 5.62. The number of carbonyl (C=O) groups is 3. The first kappa shape index (κ1) is 27.5. The number of carbonyl (C=O) groups excluding carboxylic acids is 3. The molecule has 0 aliphatic heterocycles. The van der Waals surface area contributed by atoms with Gasteiger partial charge in [0.1, 0.15) is 23.4 Å². The van der Waals surface area contributed by atoms with Gasteiger partial charge in [0.05, 0.1) is 0 Å². The van der Waals surface area contributed by atoms with Crippen LogP contribution in [-0.4, -0.2) is 45.5 Å². The van der Waals surface area contributed by atoms with Gasteiger partial charge in [0, 0.05) is 28.2 Å². The van der Waals surface area contributed by atoms with Gasteiger partial charge in [0.2, 0.25) is 17.7 Å². The van der Waals surface area contributed by atoms with E-state index >= 15 is 0 Å². The maximum Gasteiger partial charge on any atom is 0.243 e. The first-order valence-electron chi connectivity index (χ1n) is 12.2. The second-order valence-electron chi connectivity index (χ2n) is 9.29. The Bertz CT molecular complexity index is 1120. The van der Waals surface area contributed by atoms with Crippen molar-refractivity contribution < 1.29 is 23.0 Å². The van der Waals surface area contributed by atoms with Gasteiger partial charge in [0.25, 0.3) is 0 Å². The summed E-state index contributed by atoms with van der Waals surface area (Å²) in [7, 11) is -1.81. The molecule has 0 bridgehead atoms. The number of nitrogens with one attached hydrogen (secondary N) is 2. The summed E-state index contributed by atoms with van der Waals surface area (Å²) in [6, 6.07) is 10.00. The van der Waals surface area contributed by atoms with Crippen LogP contribution >= 0.6 is 0 Å². The van der Waals surface area contributed by atoms with Crippen LogP contribution in [0.1, 0.15) is 50.2 Å². The summed E-state index contributed by atoms with van der Waals surface area (Å²) >= 11 is 0. The Morgan fingerprint density at radius 1 is 1.03 bits per heavy atom. The van der Waals surface area contributed by atoms with E-state index in [1.165, 1.54) is 29.2 Å². The first-order chi connectivity index (χ1) is 17.2. The first-order valence-corrected chi connectivity index (χ1v) is 13.7. The molecule has 3 amide bonds. The van der Waals surface area contributed by atoms with Crippen molar-refractivity contribution in [1.82, 2.24) is 5.32 Å². The van der Waals surface area contributed by atoms with E-state index < -0.39 is 46.0 Å². The van der Waals surface area contributed by atoms with Gasteiger partial charge in [-0.1, -0.05) is 31.4 Å². The lowest BCUT2D eigenvalue weighted by molar-refractivity contribution is -0.126. The molecule has 0 radical (unpaired) electrons. The van der Waals surface area contributed by atoms with Crippen molar-refractivity contribution in [2.45, 2.75) is 65.0 Å². The topological polar surface area (TPSA) is 95.6 Å². The van der Waals surface area contributed by atoms with Crippen LogP contribution in [0.5, 0.6) is 0 Å². The minimum absolute atomic E-state index is 0.0912. The number of aryl methyl sites for hydroxylation is 1. The lowest BCUT2D eigenvalue weighted by Gasteiger charge is -2.32. The van der Waals surface area contributed by atoms with E-state index in [4.69, 9.17) is 0 Å². The molecule has 0 spiro atoms. The third-order valence-electron chi connectivity index (χ3n) is 6.53. The fraction of sp³-hybridized carbons (Fsp3) is 0.444. The Morgan fingerprint density at radius 3 is 2.36 bits per heavy atom. The molecule has 0 aromatic heterocycles. The van der Waals surface area contributed by atoms with Crippen molar-refractivity contribution >= 4 is 39.9 Å². The molecule has 1 fully saturated rings. The minimum atomic E-state index is -1.81. The molecule has 194 valence electrons. The van der Waals surface area contributed by atoms with Crippen molar-refractivity contribution in [3.05, 3.63) is 59.4 Å². The number of nitrogens with zero attached hydrogens (tertiary/aromatic N) is 1. The van der Waals surface area contributed by atoms with Gasteiger partial charge in [-0.15, -0.1) is 0 Å². The normalized spacial score (nSPS) is 15.6. The molecule has 36 heavy (non-hydrogen) atoms. The SMILES string of the molecule is Cc1cccc(N(C(=O)C[S@](=O)CC(=O)Nc2ccc(F)cc2)[C@@H](C)C(=O)NC2CCCCC2)c1C. The van der Waals surface area contributed by atoms with E-state index in [2.05, 4.69) is 10.6 Å². The average molecular weight is 516 g/mol. The standard InChI is InChI=1S/C27H34FN3O4S/c1-18-8-7-11-24(19(18)2)31(20(3)27(34)30-22-9-5-4-6-10-22)26(33)17-36(35)16-25(32)29-23-14-12-21(28)13-15-23/h7-8,11-15,20,22H,4-6,9-10,16-17H2,1-3H3,(H,29,32)(H,30,34)/t20-,36+/m0/s1. The highest BCUT2D eigenvalue weighted by Gasteiger charge is 2.31. The van der Waals surface area contributed by atoms with Crippen molar-refractivity contribution in [3.63, 3.8) is 0 Å². The molecule has 0 unspecified atom stereocenters. The van der Waals surface area contributed by atoms with Crippen LogP contribution < -0.4 is 15.5 Å². The third kappa shape index (κ3) is 7.46. The average Bonchev–Trinajstić information content (AvgIpc) is 2.83. The third-order valence-corrected chi connectivity index (χ3v) is 7.68. The molecule has 1 aliphatic carbocycles. The van der Waals surface area contributed by atoms with Gasteiger partial charge >= 0.3 is 0 Å². The van der Waals surface area contributed by atoms with Gasteiger partial charge in [0.15, 0.2) is 0 Å². The molecule has 2 atom stereocenters. The van der Waals surface area contributed by atoms with E-state index in [-0.39, 0.29) is 11.9 Å². The van der Waals surface area contributed by atoms with Crippen molar-refractivity contribution in [2.75, 3.05) is 21.7 Å². The second kappa shape index (κ2) is 12.8. The van der Waals surface area contributed by atoms with Crippen LogP contribution in [0.25, 0.3) is 0 Å². The molecule has 1 aliphatic rings. The highest BCUT2D eigenvalue weighted by atomic mass is 32.2. The minimum Gasteiger partial charge on any atom is -0.352 e. The van der Waals surface area contributed by atoms with E-state index in [0.29, 0.717) is 11.4 Å². The van der Waals surface area contributed by atoms with Crippen LogP contribution in [0.3, 0.4) is 0 Å². The number of hydrogen-bond acceptors (Lipinski definition) is 4. The quantitative estimate of drug-likeness (QED) is 0.528. The Morgan fingerprint density at radius 2 is 1.69 bits per heavy atom. The number of rotatable bonds is 9. The number of halogens is 1. The van der Waals surface area contributed by atoms with Crippen LogP contribution in [0.4, 0.5) is 15.8 Å². The molecule has 0 saturated heterocycles. The smallest absolute Gasteiger partial charge is 0.243 e. The largest absolute Gasteiger partial charge is 0.352 e. The zero-order chi connectivity index (χ0) is 26.2. The van der Waals surface area contributed by atoms with E-state index in [0.717, 1.165) is 43.2 Å². The van der Waals surface area contributed by atoms with E-state index in [1.54, 1.807) is 13.0 Å². The molecule has 0 heterocycles. The molecule has 1 saturated carbocycles. The van der Waals surface area contributed by atoms with Crippen molar-refractivity contribution in [3.8, 4) is 0 Å². The van der Waals surface area contributed by atoms with Gasteiger partial charge < -0.3 is 10.6 Å². The molecule has 2 N–H and O–H groups in total. The number of hydrogen-bond donors (Lipinski definition) is 2. The molecule has 3 rings (SSSR count). The maximum atomic E-state index is 13.4. The summed E-state index contributed by atoms with van der Waals surface area (Å²) in [5.74, 6) is -2.54. The second-order valence-corrected chi connectivity index (χ2v) is 10.7. The fourth-order valence-electron chi connectivity index (χ4n) is 4.38.